The van der Waals surface area contributed by atoms with E-state index in [0.29, 0.717) is 6.54 Å². The lowest BCUT2D eigenvalue weighted by Gasteiger charge is -2.26. The van der Waals surface area contributed by atoms with Crippen LogP contribution in [-0.2, 0) is 9.59 Å². The van der Waals surface area contributed by atoms with Crippen LogP contribution in [0.25, 0.3) is 0 Å². The third-order valence-corrected chi connectivity index (χ3v) is 2.71. The number of carbonyl (C=O) groups is 2. The SMILES string of the molecule is CCSCCN1CC(=O)NCC1=O. The van der Waals surface area contributed by atoms with Gasteiger partial charge in [0.1, 0.15) is 0 Å². The highest BCUT2D eigenvalue weighted by Crippen LogP contribution is 2.01. The highest BCUT2D eigenvalue weighted by atomic mass is 32.2. The van der Waals surface area contributed by atoms with E-state index in [2.05, 4.69) is 12.2 Å². The third kappa shape index (κ3) is 3.26. The average molecular weight is 202 g/mol. The van der Waals surface area contributed by atoms with Crippen LogP contribution in [0, 0.1) is 0 Å². The summed E-state index contributed by atoms with van der Waals surface area (Å²) in [6.07, 6.45) is 0. The number of nitrogens with zero attached hydrogens (tertiary/aromatic N) is 1. The molecule has 0 aromatic rings. The largest absolute Gasteiger partial charge is 0.345 e. The van der Waals surface area contributed by atoms with Crippen molar-refractivity contribution in [3.63, 3.8) is 0 Å². The summed E-state index contributed by atoms with van der Waals surface area (Å²) in [5.41, 5.74) is 0. The van der Waals surface area contributed by atoms with E-state index in [1.165, 1.54) is 0 Å². The van der Waals surface area contributed by atoms with Gasteiger partial charge < -0.3 is 10.2 Å². The van der Waals surface area contributed by atoms with E-state index < -0.39 is 0 Å². The summed E-state index contributed by atoms with van der Waals surface area (Å²) in [4.78, 5) is 23.8. The fraction of sp³-hybridized carbons (Fsp3) is 0.750. The Labute approximate surface area is 82.0 Å². The highest BCUT2D eigenvalue weighted by molar-refractivity contribution is 7.99. The number of hydrogen-bond donors (Lipinski definition) is 1. The Morgan fingerprint density at radius 2 is 2.31 bits per heavy atom. The molecule has 1 aliphatic rings. The van der Waals surface area contributed by atoms with Gasteiger partial charge in [0, 0.05) is 12.3 Å². The second-order valence-corrected chi connectivity index (χ2v) is 4.18. The zero-order valence-corrected chi connectivity index (χ0v) is 8.52. The van der Waals surface area contributed by atoms with Crippen LogP contribution in [-0.4, -0.2) is 47.9 Å². The van der Waals surface area contributed by atoms with Crippen molar-refractivity contribution in [2.75, 3.05) is 31.1 Å². The molecule has 1 fully saturated rings. The number of thioether (sulfide) groups is 1. The van der Waals surface area contributed by atoms with Gasteiger partial charge >= 0.3 is 0 Å². The second-order valence-electron chi connectivity index (χ2n) is 2.79. The predicted molar refractivity (Wildman–Crippen MR) is 52.6 cm³/mol. The fourth-order valence-corrected chi connectivity index (χ4v) is 1.76. The number of piperazine rings is 1. The second kappa shape index (κ2) is 5.11. The Balaban J connectivity index is 2.29. The van der Waals surface area contributed by atoms with Crippen LogP contribution in [0.2, 0.25) is 0 Å². The topological polar surface area (TPSA) is 49.4 Å². The van der Waals surface area contributed by atoms with Crippen molar-refractivity contribution in [1.29, 1.82) is 0 Å². The molecule has 4 nitrogen and oxygen atoms in total. The van der Waals surface area contributed by atoms with Gasteiger partial charge in [0.2, 0.25) is 11.8 Å². The quantitative estimate of drug-likeness (QED) is 0.637. The Hall–Kier alpha value is -0.710. The van der Waals surface area contributed by atoms with Crippen molar-refractivity contribution in [1.82, 2.24) is 10.2 Å². The van der Waals surface area contributed by atoms with Crippen molar-refractivity contribution < 1.29 is 9.59 Å². The molecule has 1 rings (SSSR count). The lowest BCUT2D eigenvalue weighted by molar-refractivity contribution is -0.140. The van der Waals surface area contributed by atoms with Gasteiger partial charge in [-0.25, -0.2) is 0 Å². The van der Waals surface area contributed by atoms with E-state index >= 15 is 0 Å². The standard InChI is InChI=1S/C8H14N2O2S/c1-2-13-4-3-10-6-7(11)9-5-8(10)12/h2-6H2,1H3,(H,9,11). The van der Waals surface area contributed by atoms with E-state index in [1.807, 2.05) is 0 Å². The normalized spacial score (nSPS) is 17.5. The molecule has 2 amide bonds. The maximum atomic E-state index is 11.2. The number of nitrogens with one attached hydrogen (secondary N) is 1. The van der Waals surface area contributed by atoms with Crippen molar-refractivity contribution in [2.24, 2.45) is 0 Å². The molecule has 0 unspecified atom stereocenters. The monoisotopic (exact) mass is 202 g/mol. The van der Waals surface area contributed by atoms with Gasteiger partial charge in [-0.15, -0.1) is 0 Å². The third-order valence-electron chi connectivity index (χ3n) is 1.83. The lowest BCUT2D eigenvalue weighted by atomic mass is 10.3. The Kier molecular flexibility index (Phi) is 4.08. The molecule has 0 radical (unpaired) electrons. The molecule has 0 aliphatic carbocycles. The summed E-state index contributed by atoms with van der Waals surface area (Å²) < 4.78 is 0. The number of rotatable bonds is 4. The summed E-state index contributed by atoms with van der Waals surface area (Å²) >= 11 is 1.78. The molecule has 0 spiro atoms. The van der Waals surface area contributed by atoms with Crippen molar-refractivity contribution in [3.05, 3.63) is 0 Å². The minimum absolute atomic E-state index is 0.0244. The van der Waals surface area contributed by atoms with Crippen LogP contribution in [0.4, 0.5) is 0 Å². The first-order chi connectivity index (χ1) is 6.24. The molecule has 0 atom stereocenters. The molecule has 74 valence electrons. The maximum Gasteiger partial charge on any atom is 0.242 e. The molecule has 0 aromatic carbocycles. The van der Waals surface area contributed by atoms with Gasteiger partial charge in [-0.3, -0.25) is 9.59 Å². The fourth-order valence-electron chi connectivity index (χ4n) is 1.13. The van der Waals surface area contributed by atoms with Gasteiger partial charge in [-0.2, -0.15) is 11.8 Å². The Morgan fingerprint density at radius 3 is 3.00 bits per heavy atom. The van der Waals surface area contributed by atoms with E-state index in [-0.39, 0.29) is 24.9 Å². The molecule has 5 heteroatoms. The number of hydrogen-bond acceptors (Lipinski definition) is 3. The van der Waals surface area contributed by atoms with Crippen LogP contribution >= 0.6 is 11.8 Å². The van der Waals surface area contributed by atoms with E-state index in [0.717, 1.165) is 11.5 Å². The molecule has 1 aliphatic heterocycles. The van der Waals surface area contributed by atoms with Gasteiger partial charge in [0.05, 0.1) is 13.1 Å². The molecular formula is C8H14N2O2S. The lowest BCUT2D eigenvalue weighted by Crippen LogP contribution is -2.52. The summed E-state index contributed by atoms with van der Waals surface area (Å²) in [6, 6.07) is 0. The van der Waals surface area contributed by atoms with Gasteiger partial charge in [-0.05, 0) is 5.75 Å². The summed E-state index contributed by atoms with van der Waals surface area (Å²) in [5, 5.41) is 2.52. The van der Waals surface area contributed by atoms with Crippen LogP contribution in [0.15, 0.2) is 0 Å². The first-order valence-corrected chi connectivity index (χ1v) is 5.51. The molecule has 0 bridgehead atoms. The van der Waals surface area contributed by atoms with Crippen LogP contribution in [0.1, 0.15) is 6.92 Å². The van der Waals surface area contributed by atoms with Crippen LogP contribution < -0.4 is 5.32 Å². The molecule has 0 saturated carbocycles. The zero-order valence-electron chi connectivity index (χ0n) is 7.71. The molecule has 1 heterocycles. The average Bonchev–Trinajstić information content (AvgIpc) is 2.11. The van der Waals surface area contributed by atoms with Crippen LogP contribution in [0.5, 0.6) is 0 Å². The predicted octanol–water partition coefficient (Wildman–Crippen LogP) is -0.302. The Bertz CT molecular complexity index is 208. The molecule has 1 saturated heterocycles. The van der Waals surface area contributed by atoms with Crippen molar-refractivity contribution >= 4 is 23.6 Å². The summed E-state index contributed by atoms with van der Waals surface area (Å²) in [7, 11) is 0. The van der Waals surface area contributed by atoms with Crippen molar-refractivity contribution in [3.8, 4) is 0 Å². The Morgan fingerprint density at radius 1 is 1.54 bits per heavy atom. The summed E-state index contributed by atoms with van der Waals surface area (Å²) in [6.45, 7) is 3.15. The van der Waals surface area contributed by atoms with Gasteiger partial charge in [-0.1, -0.05) is 6.92 Å². The molecule has 13 heavy (non-hydrogen) atoms. The summed E-state index contributed by atoms with van der Waals surface area (Å²) in [5.74, 6) is 1.93. The molecular weight excluding hydrogens is 188 g/mol. The van der Waals surface area contributed by atoms with E-state index in [1.54, 1.807) is 16.7 Å². The first kappa shape index (κ1) is 10.4. The molecule has 1 N–H and O–H groups in total. The van der Waals surface area contributed by atoms with Crippen LogP contribution in [0.3, 0.4) is 0 Å². The molecule has 0 aromatic heterocycles. The maximum absolute atomic E-state index is 11.2. The van der Waals surface area contributed by atoms with Gasteiger partial charge in [0.15, 0.2) is 0 Å². The van der Waals surface area contributed by atoms with Gasteiger partial charge in [0.25, 0.3) is 0 Å². The van der Waals surface area contributed by atoms with E-state index in [9.17, 15) is 9.59 Å². The van der Waals surface area contributed by atoms with Crippen molar-refractivity contribution in [2.45, 2.75) is 6.92 Å². The minimum Gasteiger partial charge on any atom is -0.345 e. The zero-order chi connectivity index (χ0) is 9.68. The highest BCUT2D eigenvalue weighted by Gasteiger charge is 2.21. The first-order valence-electron chi connectivity index (χ1n) is 4.36. The minimum atomic E-state index is -0.0545. The number of amides is 2. The number of carbonyl (C=O) groups excluding carboxylic acids is 2. The van der Waals surface area contributed by atoms with E-state index in [4.69, 9.17) is 0 Å². The smallest absolute Gasteiger partial charge is 0.242 e.